The zero-order chi connectivity index (χ0) is 42.2. The van der Waals surface area contributed by atoms with Crippen molar-refractivity contribution in [2.75, 3.05) is 0 Å². The van der Waals surface area contributed by atoms with Gasteiger partial charge in [-0.15, -0.1) is 0 Å². The Labute approximate surface area is 366 Å². The SMILES string of the molecule is N#Cc1ccc2c(c1)C(c1ccccc1)(c1ccccc1)c1cc(-c3cc(-c4ccccn4)cc(-c4nc(-c5ccccc5)nc(-c5cccc(-c6ccccc6)c5)n4)c3)ccc1-2. The van der Waals surface area contributed by atoms with Crippen molar-refractivity contribution in [2.45, 2.75) is 5.41 Å². The van der Waals surface area contributed by atoms with Crippen LogP contribution in [0.3, 0.4) is 0 Å². The van der Waals surface area contributed by atoms with Gasteiger partial charge in [-0.25, -0.2) is 15.0 Å². The standard InChI is InChI=1S/C58H37N5/c59-38-39-27-29-50-51-30-28-43(37-53(51)58(52(50)32-39,48-22-9-3-10-23-48)49-24-11-4-12-25-49)45-34-46(54-26-13-14-31-60-54)36-47(35-45)57-62-55(41-18-7-2-8-19-41)61-56(63-57)44-21-15-20-42(33-44)40-16-5-1-6-17-40/h1-37H. The van der Waals surface area contributed by atoms with Crippen LogP contribution in [0.4, 0.5) is 0 Å². The van der Waals surface area contributed by atoms with E-state index in [1.807, 2.05) is 66.9 Å². The molecule has 294 valence electrons. The molecular formula is C58H37N5. The lowest BCUT2D eigenvalue weighted by molar-refractivity contribution is 0.768. The number of benzene rings is 8. The number of rotatable bonds is 8. The molecule has 5 nitrogen and oxygen atoms in total. The molecule has 0 aliphatic heterocycles. The summed E-state index contributed by atoms with van der Waals surface area (Å²) in [5.74, 6) is 1.74. The number of fused-ring (bicyclic) bond motifs is 3. The lowest BCUT2D eigenvalue weighted by atomic mass is 9.67. The van der Waals surface area contributed by atoms with Gasteiger partial charge in [0, 0.05) is 28.5 Å². The van der Waals surface area contributed by atoms with E-state index in [1.54, 1.807) is 0 Å². The van der Waals surface area contributed by atoms with E-state index in [4.69, 9.17) is 19.9 Å². The Morgan fingerprint density at radius 3 is 1.49 bits per heavy atom. The molecule has 8 aromatic carbocycles. The maximum absolute atomic E-state index is 10.2. The summed E-state index contributed by atoms with van der Waals surface area (Å²) >= 11 is 0. The monoisotopic (exact) mass is 803 g/mol. The maximum Gasteiger partial charge on any atom is 0.164 e. The first-order valence-corrected chi connectivity index (χ1v) is 21.0. The molecule has 1 aliphatic carbocycles. The molecule has 2 heterocycles. The van der Waals surface area contributed by atoms with Gasteiger partial charge in [0.25, 0.3) is 0 Å². The Morgan fingerprint density at radius 1 is 0.349 bits per heavy atom. The molecule has 1 aliphatic rings. The summed E-state index contributed by atoms with van der Waals surface area (Å²) in [4.78, 5) is 20.3. The largest absolute Gasteiger partial charge is 0.256 e. The molecular weight excluding hydrogens is 767 g/mol. The molecule has 0 radical (unpaired) electrons. The molecule has 63 heavy (non-hydrogen) atoms. The molecule has 0 bridgehead atoms. The van der Waals surface area contributed by atoms with E-state index in [-0.39, 0.29) is 0 Å². The molecule has 2 aromatic heterocycles. The molecule has 0 fully saturated rings. The third-order valence-corrected chi connectivity index (χ3v) is 12.1. The van der Waals surface area contributed by atoms with Gasteiger partial charge in [-0.2, -0.15) is 5.26 Å². The molecule has 5 heteroatoms. The minimum atomic E-state index is -0.681. The van der Waals surface area contributed by atoms with E-state index in [9.17, 15) is 5.26 Å². The predicted octanol–water partition coefficient (Wildman–Crippen LogP) is 13.5. The van der Waals surface area contributed by atoms with E-state index >= 15 is 0 Å². The van der Waals surface area contributed by atoms with Crippen molar-refractivity contribution >= 4 is 0 Å². The van der Waals surface area contributed by atoms with Crippen LogP contribution in [0, 0.1) is 11.3 Å². The van der Waals surface area contributed by atoms with Crippen LogP contribution in [0.25, 0.3) is 78.8 Å². The van der Waals surface area contributed by atoms with E-state index in [1.165, 1.54) is 0 Å². The van der Waals surface area contributed by atoms with Crippen molar-refractivity contribution in [3.63, 3.8) is 0 Å². The number of nitrogens with zero attached hydrogens (tertiary/aromatic N) is 5. The number of nitriles is 1. The molecule has 0 saturated carbocycles. The second kappa shape index (κ2) is 15.8. The van der Waals surface area contributed by atoms with Crippen molar-refractivity contribution in [1.82, 2.24) is 19.9 Å². The van der Waals surface area contributed by atoms with Gasteiger partial charge < -0.3 is 0 Å². The third kappa shape index (κ3) is 6.68. The lowest BCUT2D eigenvalue weighted by Crippen LogP contribution is -2.28. The fourth-order valence-electron chi connectivity index (χ4n) is 9.16. The van der Waals surface area contributed by atoms with Crippen LogP contribution in [-0.2, 0) is 5.41 Å². The summed E-state index contributed by atoms with van der Waals surface area (Å²) in [6, 6.07) is 78.0. The maximum atomic E-state index is 10.2. The van der Waals surface area contributed by atoms with Crippen LogP contribution >= 0.6 is 0 Å². The Morgan fingerprint density at radius 2 is 0.841 bits per heavy atom. The first-order valence-electron chi connectivity index (χ1n) is 21.0. The topological polar surface area (TPSA) is 75.3 Å². The highest BCUT2D eigenvalue weighted by atomic mass is 15.0. The number of pyridine rings is 1. The van der Waals surface area contributed by atoms with Gasteiger partial charge in [-0.05, 0) is 110 Å². The molecule has 0 saturated heterocycles. The fourth-order valence-corrected chi connectivity index (χ4v) is 9.16. The predicted molar refractivity (Wildman–Crippen MR) is 252 cm³/mol. The van der Waals surface area contributed by atoms with Gasteiger partial charge in [0.15, 0.2) is 17.5 Å². The summed E-state index contributed by atoms with van der Waals surface area (Å²) in [6.07, 6.45) is 1.83. The second-order valence-corrected chi connectivity index (χ2v) is 15.7. The zero-order valence-corrected chi connectivity index (χ0v) is 34.1. The average molecular weight is 804 g/mol. The number of aromatic nitrogens is 4. The van der Waals surface area contributed by atoms with E-state index in [0.717, 1.165) is 83.6 Å². The van der Waals surface area contributed by atoms with Crippen LogP contribution in [0.2, 0.25) is 0 Å². The molecule has 0 amide bonds. The minimum Gasteiger partial charge on any atom is -0.256 e. The average Bonchev–Trinajstić information content (AvgIpc) is 3.67. The van der Waals surface area contributed by atoms with E-state index in [0.29, 0.717) is 23.0 Å². The Bertz CT molecular complexity index is 3290. The smallest absolute Gasteiger partial charge is 0.164 e. The van der Waals surface area contributed by atoms with Crippen molar-refractivity contribution in [2.24, 2.45) is 0 Å². The normalized spacial score (nSPS) is 12.2. The van der Waals surface area contributed by atoms with Crippen LogP contribution < -0.4 is 0 Å². The highest BCUT2D eigenvalue weighted by Crippen LogP contribution is 2.57. The second-order valence-electron chi connectivity index (χ2n) is 15.7. The minimum absolute atomic E-state index is 0.559. The fraction of sp³-hybridized carbons (Fsp3) is 0.0172. The van der Waals surface area contributed by atoms with Gasteiger partial charge in [-0.1, -0.05) is 164 Å². The van der Waals surface area contributed by atoms with Crippen LogP contribution in [0.1, 0.15) is 27.8 Å². The summed E-state index contributed by atoms with van der Waals surface area (Å²) in [5.41, 5.74) is 15.4. The highest BCUT2D eigenvalue weighted by molar-refractivity contribution is 5.90. The van der Waals surface area contributed by atoms with Gasteiger partial charge in [-0.3, -0.25) is 4.98 Å². The van der Waals surface area contributed by atoms with Gasteiger partial charge in [0.2, 0.25) is 0 Å². The first-order chi connectivity index (χ1) is 31.2. The summed E-state index contributed by atoms with van der Waals surface area (Å²) in [7, 11) is 0. The van der Waals surface area contributed by atoms with Crippen LogP contribution in [0.15, 0.2) is 225 Å². The van der Waals surface area contributed by atoms with E-state index in [2.05, 4.69) is 164 Å². The Kier molecular flexibility index (Phi) is 9.37. The zero-order valence-electron chi connectivity index (χ0n) is 34.1. The van der Waals surface area contributed by atoms with E-state index < -0.39 is 5.41 Å². The van der Waals surface area contributed by atoms with Crippen molar-refractivity contribution < 1.29 is 0 Å². The van der Waals surface area contributed by atoms with Crippen molar-refractivity contribution in [1.29, 1.82) is 5.26 Å². The molecule has 0 N–H and O–H groups in total. The summed E-state index contributed by atoms with van der Waals surface area (Å²) in [5, 5.41) is 10.2. The molecule has 0 atom stereocenters. The van der Waals surface area contributed by atoms with Crippen molar-refractivity contribution in [3.8, 4) is 84.9 Å². The lowest BCUT2D eigenvalue weighted by Gasteiger charge is -2.34. The van der Waals surface area contributed by atoms with Gasteiger partial charge in [0.1, 0.15) is 0 Å². The quantitative estimate of drug-likeness (QED) is 0.153. The third-order valence-electron chi connectivity index (χ3n) is 12.1. The van der Waals surface area contributed by atoms with Crippen molar-refractivity contribution in [3.05, 3.63) is 252 Å². The summed E-state index contributed by atoms with van der Waals surface area (Å²) < 4.78 is 0. The Hall–Kier alpha value is -8.59. The molecule has 11 rings (SSSR count). The first kappa shape index (κ1) is 37.4. The Balaban J connectivity index is 1.14. The molecule has 10 aromatic rings. The molecule has 0 unspecified atom stereocenters. The summed E-state index contributed by atoms with van der Waals surface area (Å²) in [6.45, 7) is 0. The highest BCUT2D eigenvalue weighted by Gasteiger charge is 2.46. The number of hydrogen-bond donors (Lipinski definition) is 0. The van der Waals surface area contributed by atoms with Gasteiger partial charge >= 0.3 is 0 Å². The van der Waals surface area contributed by atoms with Crippen LogP contribution in [-0.4, -0.2) is 19.9 Å². The number of hydrogen-bond acceptors (Lipinski definition) is 5. The van der Waals surface area contributed by atoms with Crippen LogP contribution in [0.5, 0.6) is 0 Å². The van der Waals surface area contributed by atoms with Gasteiger partial charge in [0.05, 0.1) is 22.7 Å². The molecule has 0 spiro atoms.